The monoisotopic (exact) mass is 394 g/mol. The van der Waals surface area contributed by atoms with Gasteiger partial charge in [-0.25, -0.2) is 13.2 Å². The van der Waals surface area contributed by atoms with E-state index in [9.17, 15) is 13.2 Å². The van der Waals surface area contributed by atoms with Crippen molar-refractivity contribution in [1.29, 1.82) is 0 Å². The predicted octanol–water partition coefficient (Wildman–Crippen LogP) is 5.82. The maximum Gasteiger partial charge on any atom is 0.167 e. The molecule has 0 spiro atoms. The lowest BCUT2D eigenvalue weighted by atomic mass is 9.90. The molecule has 2 unspecified atom stereocenters. The van der Waals surface area contributed by atoms with Crippen molar-refractivity contribution in [3.8, 4) is 16.9 Å². The van der Waals surface area contributed by atoms with Crippen LogP contribution in [-0.2, 0) is 9.47 Å². The fourth-order valence-electron chi connectivity index (χ4n) is 3.38. The second kappa shape index (κ2) is 9.43. The quantitative estimate of drug-likeness (QED) is 0.554. The normalized spacial score (nSPS) is 19.6. The Morgan fingerprint density at radius 1 is 1.04 bits per heavy atom. The van der Waals surface area contributed by atoms with Crippen LogP contribution >= 0.6 is 0 Å². The molecule has 28 heavy (non-hydrogen) atoms. The third-order valence-electron chi connectivity index (χ3n) is 5.05. The topological polar surface area (TPSA) is 27.7 Å². The Balaban J connectivity index is 1.81. The van der Waals surface area contributed by atoms with Crippen molar-refractivity contribution in [3.05, 3.63) is 53.3 Å². The summed E-state index contributed by atoms with van der Waals surface area (Å²) in [4.78, 5) is 0. The first-order chi connectivity index (χ1) is 13.5. The number of rotatable bonds is 7. The number of ether oxygens (including phenoxy) is 3. The molecule has 0 bridgehead atoms. The van der Waals surface area contributed by atoms with Crippen LogP contribution in [0.15, 0.2) is 30.3 Å². The summed E-state index contributed by atoms with van der Waals surface area (Å²) in [6.45, 7) is 2.77. The highest BCUT2D eigenvalue weighted by Gasteiger charge is 2.27. The maximum atomic E-state index is 14.7. The van der Waals surface area contributed by atoms with Crippen LogP contribution in [0.2, 0.25) is 0 Å². The molecule has 1 heterocycles. The second-order valence-electron chi connectivity index (χ2n) is 6.95. The van der Waals surface area contributed by atoms with E-state index in [0.717, 1.165) is 12.8 Å². The second-order valence-corrected chi connectivity index (χ2v) is 6.95. The Morgan fingerprint density at radius 3 is 2.46 bits per heavy atom. The Bertz CT molecular complexity index is 802. The van der Waals surface area contributed by atoms with Crippen molar-refractivity contribution in [2.24, 2.45) is 0 Å². The third kappa shape index (κ3) is 4.50. The van der Waals surface area contributed by atoms with Crippen LogP contribution < -0.4 is 4.74 Å². The van der Waals surface area contributed by atoms with E-state index in [1.165, 1.54) is 24.3 Å². The zero-order valence-electron chi connectivity index (χ0n) is 16.1. The van der Waals surface area contributed by atoms with Gasteiger partial charge in [-0.3, -0.25) is 0 Å². The first-order valence-electron chi connectivity index (χ1n) is 9.60. The molecule has 0 aliphatic carbocycles. The van der Waals surface area contributed by atoms with Crippen LogP contribution in [0.4, 0.5) is 13.2 Å². The van der Waals surface area contributed by atoms with E-state index in [1.54, 1.807) is 13.2 Å². The molecule has 0 radical (unpaired) electrons. The molecule has 2 aromatic carbocycles. The standard InChI is InChI=1S/C22H25F3O3/c1-3-4-11-27-15-6-7-17(19(23)12-15)18-9-8-16(21(24)22(18)25)14-5-10-20(26-2)28-13-14/h6-9,12,14,20H,3-5,10-11,13H2,1-2H3. The van der Waals surface area contributed by atoms with Crippen molar-refractivity contribution >= 4 is 0 Å². The summed E-state index contributed by atoms with van der Waals surface area (Å²) in [5, 5.41) is 0. The van der Waals surface area contributed by atoms with Crippen LogP contribution in [0.25, 0.3) is 11.1 Å². The lowest BCUT2D eigenvalue weighted by Gasteiger charge is -2.28. The van der Waals surface area contributed by atoms with Gasteiger partial charge in [0.1, 0.15) is 11.6 Å². The molecule has 3 rings (SSSR count). The van der Waals surface area contributed by atoms with Crippen molar-refractivity contribution in [1.82, 2.24) is 0 Å². The van der Waals surface area contributed by atoms with E-state index in [1.807, 2.05) is 6.92 Å². The maximum absolute atomic E-state index is 14.7. The SMILES string of the molecule is CCCCOc1ccc(-c2ccc(C3CCC(OC)OC3)c(F)c2F)c(F)c1. The fourth-order valence-corrected chi connectivity index (χ4v) is 3.38. The lowest BCUT2D eigenvalue weighted by Crippen LogP contribution is -2.26. The van der Waals surface area contributed by atoms with Gasteiger partial charge in [0.2, 0.25) is 0 Å². The highest BCUT2D eigenvalue weighted by Crippen LogP contribution is 2.35. The highest BCUT2D eigenvalue weighted by molar-refractivity contribution is 5.66. The van der Waals surface area contributed by atoms with Gasteiger partial charge >= 0.3 is 0 Å². The van der Waals surface area contributed by atoms with Gasteiger partial charge in [0.05, 0.1) is 13.2 Å². The smallest absolute Gasteiger partial charge is 0.167 e. The van der Waals surface area contributed by atoms with Gasteiger partial charge in [-0.1, -0.05) is 25.5 Å². The zero-order valence-corrected chi connectivity index (χ0v) is 16.1. The number of hydrogen-bond donors (Lipinski definition) is 0. The van der Waals surface area contributed by atoms with E-state index in [2.05, 4.69) is 0 Å². The van der Waals surface area contributed by atoms with Crippen LogP contribution in [0.3, 0.4) is 0 Å². The molecule has 2 aromatic rings. The molecular formula is C22H25F3O3. The number of halogens is 3. The minimum atomic E-state index is -1.05. The van der Waals surface area contributed by atoms with Crippen LogP contribution in [0, 0.1) is 17.5 Å². The van der Waals surface area contributed by atoms with Gasteiger partial charge in [0, 0.05) is 30.2 Å². The Hall–Kier alpha value is -2.05. The summed E-state index contributed by atoms with van der Waals surface area (Å²) in [6, 6.07) is 7.13. The Morgan fingerprint density at radius 2 is 1.82 bits per heavy atom. The minimum absolute atomic E-state index is 0.00475. The van der Waals surface area contributed by atoms with Crippen LogP contribution in [0.5, 0.6) is 5.75 Å². The Labute approximate surface area is 163 Å². The Kier molecular flexibility index (Phi) is 6.97. The number of unbranched alkanes of at least 4 members (excludes halogenated alkanes) is 1. The molecule has 0 amide bonds. The zero-order chi connectivity index (χ0) is 20.1. The highest BCUT2D eigenvalue weighted by atomic mass is 19.2. The summed E-state index contributed by atoms with van der Waals surface area (Å²) in [6.07, 6.45) is 2.76. The molecule has 1 aliphatic rings. The molecule has 0 N–H and O–H groups in total. The first-order valence-corrected chi connectivity index (χ1v) is 9.60. The van der Waals surface area contributed by atoms with Gasteiger partial charge < -0.3 is 14.2 Å². The number of benzene rings is 2. The summed E-state index contributed by atoms with van der Waals surface area (Å²) in [5.41, 5.74) is 0.145. The van der Waals surface area contributed by atoms with Gasteiger partial charge in [-0.15, -0.1) is 0 Å². The van der Waals surface area contributed by atoms with E-state index in [4.69, 9.17) is 14.2 Å². The predicted molar refractivity (Wildman–Crippen MR) is 101 cm³/mol. The summed E-state index contributed by atoms with van der Waals surface area (Å²) in [5.74, 6) is -2.54. The molecule has 1 fully saturated rings. The number of hydrogen-bond acceptors (Lipinski definition) is 3. The van der Waals surface area contributed by atoms with Gasteiger partial charge in [0.25, 0.3) is 0 Å². The van der Waals surface area contributed by atoms with Crippen molar-refractivity contribution in [2.75, 3.05) is 20.3 Å². The molecule has 1 aliphatic heterocycles. The molecule has 3 nitrogen and oxygen atoms in total. The third-order valence-corrected chi connectivity index (χ3v) is 5.05. The average molecular weight is 394 g/mol. The van der Waals surface area contributed by atoms with Crippen molar-refractivity contribution in [2.45, 2.75) is 44.8 Å². The van der Waals surface area contributed by atoms with Gasteiger partial charge in [0.15, 0.2) is 17.9 Å². The lowest BCUT2D eigenvalue weighted by molar-refractivity contribution is -0.151. The number of methoxy groups -OCH3 is 1. The van der Waals surface area contributed by atoms with Crippen molar-refractivity contribution < 1.29 is 27.4 Å². The molecule has 152 valence electrons. The molecule has 0 aromatic heterocycles. The first kappa shape index (κ1) is 20.7. The van der Waals surface area contributed by atoms with Gasteiger partial charge in [-0.2, -0.15) is 0 Å². The fraction of sp³-hybridized carbons (Fsp3) is 0.455. The van der Waals surface area contributed by atoms with Gasteiger partial charge in [-0.05, 0) is 37.0 Å². The van der Waals surface area contributed by atoms with E-state index in [0.29, 0.717) is 25.2 Å². The minimum Gasteiger partial charge on any atom is -0.493 e. The molecule has 2 atom stereocenters. The van der Waals surface area contributed by atoms with E-state index in [-0.39, 0.29) is 35.5 Å². The molecule has 6 heteroatoms. The largest absolute Gasteiger partial charge is 0.493 e. The summed E-state index contributed by atoms with van der Waals surface area (Å²) >= 11 is 0. The van der Waals surface area contributed by atoms with Crippen molar-refractivity contribution in [3.63, 3.8) is 0 Å². The molecule has 1 saturated heterocycles. The van der Waals surface area contributed by atoms with E-state index >= 15 is 0 Å². The van der Waals surface area contributed by atoms with Crippen LogP contribution in [-0.4, -0.2) is 26.6 Å². The van der Waals surface area contributed by atoms with E-state index < -0.39 is 17.5 Å². The summed E-state index contributed by atoms with van der Waals surface area (Å²) < 4.78 is 60.0. The summed E-state index contributed by atoms with van der Waals surface area (Å²) in [7, 11) is 1.55. The van der Waals surface area contributed by atoms with Crippen LogP contribution in [0.1, 0.15) is 44.1 Å². The average Bonchev–Trinajstić information content (AvgIpc) is 2.71. The molecule has 0 saturated carbocycles. The molecular weight excluding hydrogens is 369 g/mol.